The molecule has 0 bridgehead atoms. The van der Waals surface area contributed by atoms with Gasteiger partial charge in [-0.25, -0.2) is 0 Å². The Kier molecular flexibility index (Phi) is 4.59. The second kappa shape index (κ2) is 6.41. The van der Waals surface area contributed by atoms with Crippen LogP contribution in [0.4, 0.5) is 0 Å². The molecule has 0 aliphatic heterocycles. The van der Waals surface area contributed by atoms with E-state index >= 15 is 0 Å². The van der Waals surface area contributed by atoms with Crippen molar-refractivity contribution in [1.82, 2.24) is 5.32 Å². The molecule has 2 rings (SSSR count). The summed E-state index contributed by atoms with van der Waals surface area (Å²) >= 11 is 0. The predicted molar refractivity (Wildman–Crippen MR) is 74.5 cm³/mol. The summed E-state index contributed by atoms with van der Waals surface area (Å²) in [6.07, 6.45) is 3.90. The minimum atomic E-state index is 0.258. The van der Waals surface area contributed by atoms with Crippen LogP contribution in [0.2, 0.25) is 0 Å². The molecule has 1 unspecified atom stereocenters. The maximum atomic E-state index is 5.43. The largest absolute Gasteiger partial charge is 0.468 e. The third-order valence-corrected chi connectivity index (χ3v) is 3.27. The van der Waals surface area contributed by atoms with Crippen LogP contribution in [0.1, 0.15) is 37.6 Å². The SMILES string of the molecule is CCC(Cc1ccccc1)N[C@H](C)c1ccco1. The first-order valence-electron chi connectivity index (χ1n) is 6.63. The van der Waals surface area contributed by atoms with Gasteiger partial charge in [0.05, 0.1) is 12.3 Å². The van der Waals surface area contributed by atoms with Gasteiger partial charge in [0.1, 0.15) is 5.76 Å². The maximum Gasteiger partial charge on any atom is 0.120 e. The first-order chi connectivity index (χ1) is 8.79. The smallest absolute Gasteiger partial charge is 0.120 e. The van der Waals surface area contributed by atoms with Crippen molar-refractivity contribution in [2.24, 2.45) is 0 Å². The van der Waals surface area contributed by atoms with Crippen molar-refractivity contribution in [2.75, 3.05) is 0 Å². The van der Waals surface area contributed by atoms with Gasteiger partial charge in [-0.05, 0) is 37.5 Å². The zero-order valence-corrected chi connectivity index (χ0v) is 11.1. The highest BCUT2D eigenvalue weighted by atomic mass is 16.3. The number of hydrogen-bond donors (Lipinski definition) is 1. The molecule has 0 aliphatic rings. The van der Waals surface area contributed by atoms with Crippen LogP contribution in [0, 0.1) is 0 Å². The number of hydrogen-bond acceptors (Lipinski definition) is 2. The fourth-order valence-corrected chi connectivity index (χ4v) is 2.19. The van der Waals surface area contributed by atoms with Crippen molar-refractivity contribution in [2.45, 2.75) is 38.8 Å². The topological polar surface area (TPSA) is 25.2 Å². The quantitative estimate of drug-likeness (QED) is 0.831. The Labute approximate surface area is 109 Å². The standard InChI is InChI=1S/C16H21NO/c1-3-15(12-14-8-5-4-6-9-14)17-13(2)16-10-7-11-18-16/h4-11,13,15,17H,3,12H2,1-2H3/t13-,15?/m1/s1. The van der Waals surface area contributed by atoms with E-state index in [-0.39, 0.29) is 6.04 Å². The lowest BCUT2D eigenvalue weighted by molar-refractivity contribution is 0.380. The van der Waals surface area contributed by atoms with E-state index in [0.29, 0.717) is 6.04 Å². The molecule has 0 radical (unpaired) electrons. The van der Waals surface area contributed by atoms with Crippen LogP contribution in [0.5, 0.6) is 0 Å². The molecule has 0 amide bonds. The number of rotatable bonds is 6. The van der Waals surface area contributed by atoms with Gasteiger partial charge in [-0.15, -0.1) is 0 Å². The monoisotopic (exact) mass is 243 g/mol. The molecule has 2 nitrogen and oxygen atoms in total. The van der Waals surface area contributed by atoms with Crippen molar-refractivity contribution in [1.29, 1.82) is 0 Å². The minimum absolute atomic E-state index is 0.258. The summed E-state index contributed by atoms with van der Waals surface area (Å²) in [6.45, 7) is 4.36. The summed E-state index contributed by atoms with van der Waals surface area (Å²) in [5.74, 6) is 1.00. The van der Waals surface area contributed by atoms with Gasteiger partial charge in [-0.2, -0.15) is 0 Å². The van der Waals surface area contributed by atoms with E-state index in [4.69, 9.17) is 4.42 Å². The highest BCUT2D eigenvalue weighted by Crippen LogP contribution is 2.15. The van der Waals surface area contributed by atoms with Crippen molar-refractivity contribution in [3.05, 3.63) is 60.1 Å². The van der Waals surface area contributed by atoms with Crippen LogP contribution in [-0.2, 0) is 6.42 Å². The lowest BCUT2D eigenvalue weighted by Gasteiger charge is -2.21. The van der Waals surface area contributed by atoms with Crippen LogP contribution in [-0.4, -0.2) is 6.04 Å². The first-order valence-corrected chi connectivity index (χ1v) is 6.63. The van der Waals surface area contributed by atoms with Gasteiger partial charge in [0, 0.05) is 6.04 Å². The van der Waals surface area contributed by atoms with E-state index in [0.717, 1.165) is 18.6 Å². The van der Waals surface area contributed by atoms with Gasteiger partial charge >= 0.3 is 0 Å². The average Bonchev–Trinajstić information content (AvgIpc) is 2.93. The molecule has 1 aromatic heterocycles. The first kappa shape index (κ1) is 12.9. The molecule has 2 heteroatoms. The summed E-state index contributed by atoms with van der Waals surface area (Å²) in [6, 6.07) is 15.3. The van der Waals surface area contributed by atoms with E-state index in [9.17, 15) is 0 Å². The van der Waals surface area contributed by atoms with Crippen LogP contribution >= 0.6 is 0 Å². The Balaban J connectivity index is 1.93. The minimum Gasteiger partial charge on any atom is -0.468 e. The zero-order chi connectivity index (χ0) is 12.8. The Morgan fingerprint density at radius 1 is 1.11 bits per heavy atom. The zero-order valence-electron chi connectivity index (χ0n) is 11.1. The lowest BCUT2D eigenvalue weighted by atomic mass is 10.0. The molecule has 2 aromatic rings. The summed E-state index contributed by atoms with van der Waals surface area (Å²) < 4.78 is 5.43. The fourth-order valence-electron chi connectivity index (χ4n) is 2.19. The molecule has 18 heavy (non-hydrogen) atoms. The van der Waals surface area contributed by atoms with Gasteiger partial charge < -0.3 is 9.73 Å². The molecule has 0 saturated carbocycles. The van der Waals surface area contributed by atoms with Gasteiger partial charge in [-0.1, -0.05) is 37.3 Å². The molecular formula is C16H21NO. The van der Waals surface area contributed by atoms with Crippen molar-refractivity contribution in [3.63, 3.8) is 0 Å². The number of nitrogens with one attached hydrogen (secondary N) is 1. The van der Waals surface area contributed by atoms with E-state index in [2.05, 4.69) is 49.5 Å². The molecule has 1 aromatic carbocycles. The van der Waals surface area contributed by atoms with Crippen LogP contribution < -0.4 is 5.32 Å². The maximum absolute atomic E-state index is 5.43. The Morgan fingerprint density at radius 2 is 1.89 bits per heavy atom. The predicted octanol–water partition coefficient (Wildman–Crippen LogP) is 3.95. The molecule has 2 atom stereocenters. The Hall–Kier alpha value is -1.54. The van der Waals surface area contributed by atoms with Gasteiger partial charge in [0.2, 0.25) is 0 Å². The van der Waals surface area contributed by atoms with Gasteiger partial charge in [0.25, 0.3) is 0 Å². The normalized spacial score (nSPS) is 14.3. The Morgan fingerprint density at radius 3 is 2.50 bits per heavy atom. The lowest BCUT2D eigenvalue weighted by Crippen LogP contribution is -2.32. The number of furan rings is 1. The third-order valence-electron chi connectivity index (χ3n) is 3.27. The van der Waals surface area contributed by atoms with E-state index < -0.39 is 0 Å². The summed E-state index contributed by atoms with van der Waals surface area (Å²) in [4.78, 5) is 0. The highest BCUT2D eigenvalue weighted by Gasteiger charge is 2.13. The van der Waals surface area contributed by atoms with E-state index in [1.807, 2.05) is 12.1 Å². The molecule has 1 N–H and O–H groups in total. The molecule has 0 spiro atoms. The fraction of sp³-hybridized carbons (Fsp3) is 0.375. The second-order valence-corrected chi connectivity index (χ2v) is 4.70. The average molecular weight is 243 g/mol. The van der Waals surface area contributed by atoms with Crippen molar-refractivity contribution < 1.29 is 4.42 Å². The van der Waals surface area contributed by atoms with Gasteiger partial charge in [-0.3, -0.25) is 0 Å². The van der Waals surface area contributed by atoms with Crippen LogP contribution in [0.3, 0.4) is 0 Å². The Bertz CT molecular complexity index is 435. The second-order valence-electron chi connectivity index (χ2n) is 4.70. The third kappa shape index (κ3) is 3.47. The van der Waals surface area contributed by atoms with Crippen LogP contribution in [0.15, 0.2) is 53.1 Å². The highest BCUT2D eigenvalue weighted by molar-refractivity contribution is 5.16. The molecule has 0 aliphatic carbocycles. The molecule has 1 heterocycles. The van der Waals surface area contributed by atoms with Crippen molar-refractivity contribution >= 4 is 0 Å². The molecule has 96 valence electrons. The van der Waals surface area contributed by atoms with Gasteiger partial charge in [0.15, 0.2) is 0 Å². The van der Waals surface area contributed by atoms with E-state index in [1.54, 1.807) is 6.26 Å². The number of benzene rings is 1. The van der Waals surface area contributed by atoms with Crippen LogP contribution in [0.25, 0.3) is 0 Å². The van der Waals surface area contributed by atoms with E-state index in [1.165, 1.54) is 5.56 Å². The molecule has 0 fully saturated rings. The van der Waals surface area contributed by atoms with Crippen molar-refractivity contribution in [3.8, 4) is 0 Å². The molecule has 0 saturated heterocycles. The molecular weight excluding hydrogens is 222 g/mol. The summed E-state index contributed by atoms with van der Waals surface area (Å²) in [5, 5.41) is 3.62. The summed E-state index contributed by atoms with van der Waals surface area (Å²) in [5.41, 5.74) is 1.38. The summed E-state index contributed by atoms with van der Waals surface area (Å²) in [7, 11) is 0.